The van der Waals surface area contributed by atoms with E-state index in [0.717, 1.165) is 60.8 Å². The van der Waals surface area contributed by atoms with Crippen molar-refractivity contribution < 1.29 is 5.11 Å². The van der Waals surface area contributed by atoms with E-state index >= 15 is 0 Å². The number of fused-ring (bicyclic) bond motifs is 2. The fourth-order valence-electron chi connectivity index (χ4n) is 4.46. The van der Waals surface area contributed by atoms with E-state index < -0.39 is 6.23 Å². The third-order valence-corrected chi connectivity index (χ3v) is 7.37. The van der Waals surface area contributed by atoms with Gasteiger partial charge in [0.1, 0.15) is 6.23 Å². The summed E-state index contributed by atoms with van der Waals surface area (Å²) in [4.78, 5) is 15.3. The van der Waals surface area contributed by atoms with E-state index in [1.54, 1.807) is 11.3 Å². The van der Waals surface area contributed by atoms with Crippen molar-refractivity contribution >= 4 is 27.4 Å². The number of para-hydroxylation sites is 1. The molecule has 0 saturated heterocycles. The molecule has 2 unspecified atom stereocenters. The standard InChI is InChI=1S/C24H30N6OS/c1-2-3-6-18(11-17-12-26-21-8-5-4-7-20(17)21)28-23(31)22-14-27-24(32-22)29-9-10-30-16-25-13-19(30)15-29/h4-5,7-8,12-14,16,18,23,26,28,31H,2-3,6,9-11,15H2,1H3. The summed E-state index contributed by atoms with van der Waals surface area (Å²) in [7, 11) is 0. The van der Waals surface area contributed by atoms with Crippen molar-refractivity contribution in [2.45, 2.75) is 58.0 Å². The van der Waals surface area contributed by atoms with Crippen LogP contribution in [0.25, 0.3) is 10.9 Å². The van der Waals surface area contributed by atoms with Gasteiger partial charge in [-0.05, 0) is 24.5 Å². The zero-order chi connectivity index (χ0) is 21.9. The summed E-state index contributed by atoms with van der Waals surface area (Å²) in [6, 6.07) is 8.59. The number of hydrogen-bond acceptors (Lipinski definition) is 6. The molecular weight excluding hydrogens is 420 g/mol. The van der Waals surface area contributed by atoms with E-state index in [1.807, 2.05) is 18.7 Å². The highest BCUT2D eigenvalue weighted by Crippen LogP contribution is 2.30. The fourth-order valence-corrected chi connectivity index (χ4v) is 5.35. The molecule has 0 fully saturated rings. The molecule has 32 heavy (non-hydrogen) atoms. The van der Waals surface area contributed by atoms with Crippen LogP contribution in [-0.4, -0.2) is 37.2 Å². The number of hydrogen-bond donors (Lipinski definition) is 3. The molecule has 8 heteroatoms. The molecule has 5 rings (SSSR count). The molecule has 1 aliphatic rings. The number of nitrogens with one attached hydrogen (secondary N) is 2. The van der Waals surface area contributed by atoms with Gasteiger partial charge in [-0.1, -0.05) is 49.3 Å². The number of aromatic amines is 1. The molecule has 0 amide bonds. The normalized spacial score (nSPS) is 15.8. The average Bonchev–Trinajstić information content (AvgIpc) is 3.56. The number of nitrogens with zero attached hydrogens (tertiary/aromatic N) is 4. The molecule has 1 aliphatic heterocycles. The zero-order valence-corrected chi connectivity index (χ0v) is 19.2. The predicted octanol–water partition coefficient (Wildman–Crippen LogP) is 4.22. The van der Waals surface area contributed by atoms with Crippen LogP contribution in [0.1, 0.15) is 48.5 Å². The summed E-state index contributed by atoms with van der Waals surface area (Å²) in [5, 5.41) is 16.7. The second-order valence-electron chi connectivity index (χ2n) is 8.52. The van der Waals surface area contributed by atoms with Crippen molar-refractivity contribution in [3.63, 3.8) is 0 Å². The number of unbranched alkanes of at least 4 members (excludes halogenated alkanes) is 1. The number of benzene rings is 1. The lowest BCUT2D eigenvalue weighted by molar-refractivity contribution is 0.123. The van der Waals surface area contributed by atoms with Crippen LogP contribution in [0.15, 0.2) is 49.2 Å². The lowest BCUT2D eigenvalue weighted by atomic mass is 10.0. The van der Waals surface area contributed by atoms with E-state index in [4.69, 9.17) is 0 Å². The Morgan fingerprint density at radius 1 is 1.25 bits per heavy atom. The van der Waals surface area contributed by atoms with Gasteiger partial charge in [-0.3, -0.25) is 5.32 Å². The molecule has 2 atom stereocenters. The van der Waals surface area contributed by atoms with Crippen molar-refractivity contribution in [3.8, 4) is 0 Å². The second-order valence-corrected chi connectivity index (χ2v) is 9.56. The van der Waals surface area contributed by atoms with Crippen molar-refractivity contribution in [2.75, 3.05) is 11.4 Å². The zero-order valence-electron chi connectivity index (χ0n) is 18.4. The Kier molecular flexibility index (Phi) is 6.25. The van der Waals surface area contributed by atoms with Gasteiger partial charge in [-0.15, -0.1) is 0 Å². The Morgan fingerprint density at radius 2 is 2.16 bits per heavy atom. The summed E-state index contributed by atoms with van der Waals surface area (Å²) < 4.78 is 2.18. The molecule has 3 aromatic heterocycles. The molecule has 7 nitrogen and oxygen atoms in total. The third-order valence-electron chi connectivity index (χ3n) is 6.25. The molecule has 0 saturated carbocycles. The van der Waals surface area contributed by atoms with Crippen LogP contribution in [0, 0.1) is 0 Å². The first-order chi connectivity index (χ1) is 15.7. The lowest BCUT2D eigenvalue weighted by Gasteiger charge is -2.27. The first-order valence-corrected chi connectivity index (χ1v) is 12.2. The number of aromatic nitrogens is 4. The van der Waals surface area contributed by atoms with Crippen molar-refractivity contribution in [3.05, 3.63) is 65.3 Å². The maximum Gasteiger partial charge on any atom is 0.186 e. The Bertz CT molecular complexity index is 1160. The number of imidazole rings is 1. The van der Waals surface area contributed by atoms with E-state index in [-0.39, 0.29) is 6.04 Å². The first-order valence-electron chi connectivity index (χ1n) is 11.4. The molecule has 0 bridgehead atoms. The van der Waals surface area contributed by atoms with Gasteiger partial charge < -0.3 is 19.6 Å². The Hall–Kier alpha value is -2.68. The highest BCUT2D eigenvalue weighted by Gasteiger charge is 2.22. The summed E-state index contributed by atoms with van der Waals surface area (Å²) in [6.45, 7) is 4.82. The second kappa shape index (κ2) is 9.44. The minimum atomic E-state index is -0.719. The van der Waals surface area contributed by atoms with Gasteiger partial charge in [0.25, 0.3) is 0 Å². The largest absolute Gasteiger partial charge is 0.373 e. The SMILES string of the molecule is CCCCC(Cc1c[nH]c2ccccc12)NC(O)c1cnc(N2CCn3cncc3C2)s1. The molecule has 4 aromatic rings. The minimum absolute atomic E-state index is 0.194. The van der Waals surface area contributed by atoms with Crippen molar-refractivity contribution in [2.24, 2.45) is 0 Å². The molecule has 0 aliphatic carbocycles. The Morgan fingerprint density at radius 3 is 3.06 bits per heavy atom. The lowest BCUT2D eigenvalue weighted by Crippen LogP contribution is -2.34. The number of rotatable bonds is 9. The van der Waals surface area contributed by atoms with E-state index in [9.17, 15) is 5.11 Å². The van der Waals surface area contributed by atoms with Crippen LogP contribution >= 0.6 is 11.3 Å². The van der Waals surface area contributed by atoms with Crippen LogP contribution in [0.5, 0.6) is 0 Å². The topological polar surface area (TPSA) is 82.0 Å². The van der Waals surface area contributed by atoms with Gasteiger partial charge in [-0.2, -0.15) is 0 Å². The fraction of sp³-hybridized carbons (Fsp3) is 0.417. The van der Waals surface area contributed by atoms with Gasteiger partial charge in [0.2, 0.25) is 0 Å². The van der Waals surface area contributed by atoms with Crippen LogP contribution in [0.3, 0.4) is 0 Å². The van der Waals surface area contributed by atoms with Crippen molar-refractivity contribution in [1.29, 1.82) is 0 Å². The quantitative estimate of drug-likeness (QED) is 0.333. The summed E-state index contributed by atoms with van der Waals surface area (Å²) in [5.74, 6) is 0. The first kappa shape index (κ1) is 21.2. The summed E-state index contributed by atoms with van der Waals surface area (Å²) >= 11 is 1.57. The predicted molar refractivity (Wildman–Crippen MR) is 129 cm³/mol. The molecule has 4 heterocycles. The van der Waals surface area contributed by atoms with Crippen molar-refractivity contribution in [1.82, 2.24) is 24.8 Å². The van der Waals surface area contributed by atoms with Crippen LogP contribution in [-0.2, 0) is 19.5 Å². The molecule has 0 spiro atoms. The Labute approximate surface area is 192 Å². The number of aliphatic hydroxyl groups is 1. The maximum atomic E-state index is 11.0. The van der Waals surface area contributed by atoms with E-state index in [0.29, 0.717) is 0 Å². The highest BCUT2D eigenvalue weighted by atomic mass is 32.1. The minimum Gasteiger partial charge on any atom is -0.373 e. The van der Waals surface area contributed by atoms with Crippen LogP contribution < -0.4 is 10.2 Å². The number of anilines is 1. The van der Waals surface area contributed by atoms with E-state index in [2.05, 4.69) is 67.1 Å². The number of H-pyrrole nitrogens is 1. The third kappa shape index (κ3) is 4.44. The number of aliphatic hydroxyl groups excluding tert-OH is 1. The Balaban J connectivity index is 1.27. The smallest absolute Gasteiger partial charge is 0.186 e. The molecule has 1 aromatic carbocycles. The summed E-state index contributed by atoms with van der Waals surface area (Å²) in [6.07, 6.45) is 11.2. The van der Waals surface area contributed by atoms with Crippen LogP contribution in [0.4, 0.5) is 5.13 Å². The van der Waals surface area contributed by atoms with Gasteiger partial charge in [0.15, 0.2) is 5.13 Å². The van der Waals surface area contributed by atoms with Gasteiger partial charge in [0, 0.05) is 48.6 Å². The van der Waals surface area contributed by atoms with Gasteiger partial charge in [-0.25, -0.2) is 9.97 Å². The highest BCUT2D eigenvalue weighted by molar-refractivity contribution is 7.15. The monoisotopic (exact) mass is 450 g/mol. The van der Waals surface area contributed by atoms with Gasteiger partial charge >= 0.3 is 0 Å². The van der Waals surface area contributed by atoms with E-state index in [1.165, 1.54) is 16.6 Å². The molecule has 168 valence electrons. The maximum absolute atomic E-state index is 11.0. The number of thiazole rings is 1. The average molecular weight is 451 g/mol. The molecule has 0 radical (unpaired) electrons. The van der Waals surface area contributed by atoms with Crippen LogP contribution in [0.2, 0.25) is 0 Å². The van der Waals surface area contributed by atoms with Gasteiger partial charge in [0.05, 0.1) is 23.4 Å². The molecular formula is C24H30N6OS. The summed E-state index contributed by atoms with van der Waals surface area (Å²) in [5.41, 5.74) is 3.65. The molecule has 3 N–H and O–H groups in total.